The van der Waals surface area contributed by atoms with Crippen LogP contribution in [0.2, 0.25) is 0 Å². The van der Waals surface area contributed by atoms with Crippen LogP contribution in [0.5, 0.6) is 0 Å². The van der Waals surface area contributed by atoms with Gasteiger partial charge in [0.05, 0.1) is 11.2 Å². The van der Waals surface area contributed by atoms with E-state index in [0.717, 1.165) is 37.0 Å². The van der Waals surface area contributed by atoms with Crippen molar-refractivity contribution in [2.75, 3.05) is 20.1 Å². The van der Waals surface area contributed by atoms with Gasteiger partial charge in [-0.2, -0.15) is 0 Å². The van der Waals surface area contributed by atoms with Crippen LogP contribution < -0.4 is 10.8 Å². The lowest BCUT2D eigenvalue weighted by Crippen LogP contribution is -2.41. The lowest BCUT2D eigenvalue weighted by atomic mass is 9.76. The first-order valence-electron chi connectivity index (χ1n) is 14.4. The molecule has 0 amide bonds. The molecule has 5 heteroatoms. The van der Waals surface area contributed by atoms with Crippen molar-refractivity contribution in [1.29, 1.82) is 0 Å². The highest BCUT2D eigenvalue weighted by Gasteiger charge is 2.51. The molecule has 1 fully saturated rings. The fourth-order valence-electron chi connectivity index (χ4n) is 5.64. The summed E-state index contributed by atoms with van der Waals surface area (Å²) in [5.74, 6) is 0. The Balaban J connectivity index is 1.44. The zero-order chi connectivity index (χ0) is 27.9. The molecule has 0 unspecified atom stereocenters. The van der Waals surface area contributed by atoms with Gasteiger partial charge < -0.3 is 19.5 Å². The molecule has 0 spiro atoms. The van der Waals surface area contributed by atoms with E-state index in [1.165, 1.54) is 39.0 Å². The van der Waals surface area contributed by atoms with Gasteiger partial charge in [0, 0.05) is 26.3 Å². The maximum absolute atomic E-state index is 6.52. The number of hydrogen-bond donors (Lipinski definition) is 1. The summed E-state index contributed by atoms with van der Waals surface area (Å²) >= 11 is 0. The first kappa shape index (κ1) is 26.7. The molecule has 6 rings (SSSR count). The van der Waals surface area contributed by atoms with Crippen molar-refractivity contribution in [2.24, 2.45) is 0 Å². The van der Waals surface area contributed by atoms with E-state index in [1.54, 1.807) is 0 Å². The normalized spacial score (nSPS) is 19.7. The molecular formula is C35H39BN2O2. The van der Waals surface area contributed by atoms with Gasteiger partial charge in [-0.1, -0.05) is 54.6 Å². The van der Waals surface area contributed by atoms with Crippen molar-refractivity contribution < 1.29 is 9.31 Å². The average Bonchev–Trinajstić information content (AvgIpc) is 3.20. The quantitative estimate of drug-likeness (QED) is 0.365. The minimum atomic E-state index is -0.430. The molecule has 3 aliphatic rings. The molecule has 0 aromatic heterocycles. The Hall–Kier alpha value is -3.54. The van der Waals surface area contributed by atoms with Crippen molar-refractivity contribution >= 4 is 23.7 Å². The van der Waals surface area contributed by atoms with Crippen LogP contribution in [-0.2, 0) is 9.31 Å². The standard InChI is InChI=1S/C35H39BN2O2/c1-34(2)35(3,4)40-36(39-34)33-21-31(27-12-6-10-25(18-27)29-14-8-16-37-23-29)20-32(22-33)28-13-7-11-26(19-28)30-15-9-17-38(5)24-30/h6-7,9-13,15,17-23,37H,8,14,16,24H2,1-5H3. The minimum absolute atomic E-state index is 0.402. The van der Waals surface area contributed by atoms with Gasteiger partial charge in [-0.05, 0) is 121 Å². The van der Waals surface area contributed by atoms with Gasteiger partial charge in [0.1, 0.15) is 0 Å². The molecule has 3 aromatic rings. The van der Waals surface area contributed by atoms with Crippen LogP contribution in [0.25, 0.3) is 33.4 Å². The van der Waals surface area contributed by atoms with Crippen LogP contribution in [0.3, 0.4) is 0 Å². The fourth-order valence-corrected chi connectivity index (χ4v) is 5.64. The summed E-state index contributed by atoms with van der Waals surface area (Å²) in [7, 11) is 1.68. The van der Waals surface area contributed by atoms with Crippen molar-refractivity contribution in [2.45, 2.75) is 51.7 Å². The maximum atomic E-state index is 6.52. The van der Waals surface area contributed by atoms with Gasteiger partial charge in [-0.3, -0.25) is 0 Å². The first-order valence-corrected chi connectivity index (χ1v) is 14.4. The predicted octanol–water partition coefficient (Wildman–Crippen LogP) is 6.89. The summed E-state index contributed by atoms with van der Waals surface area (Å²) in [4.78, 5) is 2.21. The van der Waals surface area contributed by atoms with Crippen LogP contribution in [0.1, 0.15) is 51.7 Å². The number of nitrogens with zero attached hydrogens (tertiary/aromatic N) is 1. The molecule has 0 atom stereocenters. The smallest absolute Gasteiger partial charge is 0.399 e. The topological polar surface area (TPSA) is 33.7 Å². The molecule has 204 valence electrons. The Morgan fingerprint density at radius 2 is 1.32 bits per heavy atom. The van der Waals surface area contributed by atoms with Crippen LogP contribution in [0.4, 0.5) is 0 Å². The number of benzene rings is 3. The van der Waals surface area contributed by atoms with Crippen LogP contribution >= 0.6 is 0 Å². The van der Waals surface area contributed by atoms with Crippen molar-refractivity contribution in [3.63, 3.8) is 0 Å². The highest BCUT2D eigenvalue weighted by molar-refractivity contribution is 6.62. The molecule has 0 bridgehead atoms. The first-order chi connectivity index (χ1) is 19.2. The van der Waals surface area contributed by atoms with Crippen molar-refractivity contribution in [3.8, 4) is 22.3 Å². The van der Waals surface area contributed by atoms with E-state index in [0.29, 0.717) is 0 Å². The number of nitrogens with one attached hydrogen (secondary N) is 1. The molecule has 0 saturated carbocycles. The van der Waals surface area contributed by atoms with Gasteiger partial charge in [0.15, 0.2) is 0 Å². The van der Waals surface area contributed by atoms with E-state index >= 15 is 0 Å². The summed E-state index contributed by atoms with van der Waals surface area (Å²) in [6.45, 7) is 10.4. The highest BCUT2D eigenvalue weighted by Crippen LogP contribution is 2.38. The van der Waals surface area contributed by atoms with E-state index in [2.05, 4.69) is 136 Å². The summed E-state index contributed by atoms with van der Waals surface area (Å²) in [5, 5.41) is 3.41. The number of allylic oxidation sites excluding steroid dienone is 3. The van der Waals surface area contributed by atoms with Crippen LogP contribution in [0, 0.1) is 0 Å². The molecule has 3 heterocycles. The zero-order valence-corrected chi connectivity index (χ0v) is 24.3. The highest BCUT2D eigenvalue weighted by atomic mass is 16.7. The second-order valence-corrected chi connectivity index (χ2v) is 12.3. The summed E-state index contributed by atoms with van der Waals surface area (Å²) in [6.07, 6.45) is 10.9. The predicted molar refractivity (Wildman–Crippen MR) is 168 cm³/mol. The van der Waals surface area contributed by atoms with E-state index < -0.39 is 18.3 Å². The lowest BCUT2D eigenvalue weighted by molar-refractivity contribution is 0.00578. The van der Waals surface area contributed by atoms with Gasteiger partial charge in [0.2, 0.25) is 0 Å². The van der Waals surface area contributed by atoms with Gasteiger partial charge >= 0.3 is 7.12 Å². The largest absolute Gasteiger partial charge is 0.494 e. The van der Waals surface area contributed by atoms with Crippen LogP contribution in [0.15, 0.2) is 91.3 Å². The Bertz CT molecular complexity index is 1500. The van der Waals surface area contributed by atoms with E-state index in [-0.39, 0.29) is 0 Å². The Morgan fingerprint density at radius 3 is 1.90 bits per heavy atom. The van der Waals surface area contributed by atoms with Crippen LogP contribution in [-0.4, -0.2) is 43.4 Å². The second kappa shape index (κ2) is 10.5. The molecule has 1 saturated heterocycles. The molecular weight excluding hydrogens is 491 g/mol. The van der Waals surface area contributed by atoms with E-state index in [9.17, 15) is 0 Å². The van der Waals surface area contributed by atoms with Gasteiger partial charge in [-0.15, -0.1) is 0 Å². The third kappa shape index (κ3) is 5.28. The van der Waals surface area contributed by atoms with Crippen molar-refractivity contribution in [3.05, 3.63) is 102 Å². The number of likely N-dealkylation sites (N-methyl/N-ethyl adjacent to an activating group) is 1. The zero-order valence-electron chi connectivity index (χ0n) is 24.3. The van der Waals surface area contributed by atoms with Gasteiger partial charge in [-0.25, -0.2) is 0 Å². The maximum Gasteiger partial charge on any atom is 0.494 e. The van der Waals surface area contributed by atoms with Gasteiger partial charge in [0.25, 0.3) is 0 Å². The lowest BCUT2D eigenvalue weighted by Gasteiger charge is -2.32. The Morgan fingerprint density at radius 1 is 0.750 bits per heavy atom. The third-order valence-electron chi connectivity index (χ3n) is 8.72. The average molecular weight is 531 g/mol. The summed E-state index contributed by atoms with van der Waals surface area (Å²) in [6, 6.07) is 24.6. The molecule has 3 aliphatic heterocycles. The minimum Gasteiger partial charge on any atom is -0.399 e. The van der Waals surface area contributed by atoms with E-state index in [1.807, 2.05) is 0 Å². The molecule has 0 radical (unpaired) electrons. The molecule has 40 heavy (non-hydrogen) atoms. The van der Waals surface area contributed by atoms with E-state index in [4.69, 9.17) is 9.31 Å². The summed E-state index contributed by atoms with van der Waals surface area (Å²) in [5.41, 5.74) is 10.1. The second-order valence-electron chi connectivity index (χ2n) is 12.3. The molecule has 1 N–H and O–H groups in total. The molecule has 3 aromatic carbocycles. The Labute approximate surface area is 239 Å². The van der Waals surface area contributed by atoms with Crippen molar-refractivity contribution in [1.82, 2.24) is 10.2 Å². The molecule has 4 nitrogen and oxygen atoms in total. The molecule has 0 aliphatic carbocycles. The SMILES string of the molecule is CN1C=CC=C(c2cccc(-c3cc(B4OC(C)(C)C(C)(C)O4)cc(-c4cccc(C5=CNCCC5)c4)c3)c2)C1. The fraction of sp³-hybridized carbons (Fsp3) is 0.314. The third-order valence-corrected chi connectivity index (χ3v) is 8.72. The Kier molecular flexibility index (Phi) is 6.97. The number of rotatable bonds is 5. The number of hydrogen-bond acceptors (Lipinski definition) is 4. The summed E-state index contributed by atoms with van der Waals surface area (Å²) < 4.78 is 13.0. The monoisotopic (exact) mass is 530 g/mol.